The molecule has 1 atom stereocenters. The van der Waals surface area contributed by atoms with Crippen LogP contribution in [-0.2, 0) is 0 Å². The fourth-order valence-electron chi connectivity index (χ4n) is 1.28. The normalized spacial score (nSPS) is 12.0. The van der Waals surface area contributed by atoms with Crippen molar-refractivity contribution in [2.45, 2.75) is 6.10 Å². The Balaban J connectivity index is 3.35. The maximum absolute atomic E-state index is 9.76. The van der Waals surface area contributed by atoms with E-state index in [9.17, 15) is 5.11 Å². The van der Waals surface area contributed by atoms with Crippen molar-refractivity contribution in [1.29, 1.82) is 0 Å². The van der Waals surface area contributed by atoms with E-state index >= 15 is 0 Å². The zero-order valence-electron chi connectivity index (χ0n) is 8.66. The lowest BCUT2D eigenvalue weighted by atomic mass is 10.1. The lowest BCUT2D eigenvalue weighted by molar-refractivity contribution is 0.221. The molecule has 0 heterocycles. The third kappa shape index (κ3) is 2.33. The van der Waals surface area contributed by atoms with Crippen LogP contribution in [0.15, 0.2) is 29.3 Å². The maximum atomic E-state index is 9.76. The second kappa shape index (κ2) is 5.19. The number of benzene rings is 1. The van der Waals surface area contributed by atoms with Gasteiger partial charge in [-0.05, 0) is 28.1 Å². The van der Waals surface area contributed by atoms with Gasteiger partial charge >= 0.3 is 0 Å². The molecule has 1 N–H and O–H groups in total. The average molecular weight is 273 g/mol. The predicted molar refractivity (Wildman–Crippen MR) is 62.4 cm³/mol. The second-order valence-electron chi connectivity index (χ2n) is 2.88. The Kier molecular flexibility index (Phi) is 4.17. The number of halogens is 1. The Morgan fingerprint density at radius 3 is 2.33 bits per heavy atom. The quantitative estimate of drug-likeness (QED) is 0.857. The summed E-state index contributed by atoms with van der Waals surface area (Å²) in [5.41, 5.74) is 0.617. The number of rotatable bonds is 4. The zero-order valence-corrected chi connectivity index (χ0v) is 10.2. The van der Waals surface area contributed by atoms with Crippen LogP contribution in [0.4, 0.5) is 0 Å². The van der Waals surface area contributed by atoms with Gasteiger partial charge in [-0.2, -0.15) is 0 Å². The van der Waals surface area contributed by atoms with Crippen LogP contribution in [0.5, 0.6) is 11.5 Å². The molecule has 0 aliphatic heterocycles. The Morgan fingerprint density at radius 2 is 1.87 bits per heavy atom. The first-order chi connectivity index (χ1) is 7.15. The minimum atomic E-state index is -0.788. The Bertz CT molecular complexity index is 363. The summed E-state index contributed by atoms with van der Waals surface area (Å²) in [6.45, 7) is 3.54. The lowest BCUT2D eigenvalue weighted by Crippen LogP contribution is -2.00. The first-order valence-electron chi connectivity index (χ1n) is 4.36. The molecule has 1 aromatic rings. The van der Waals surface area contributed by atoms with Gasteiger partial charge in [0.25, 0.3) is 0 Å². The Hall–Kier alpha value is -1.00. The summed E-state index contributed by atoms with van der Waals surface area (Å²) in [6, 6.07) is 3.51. The van der Waals surface area contributed by atoms with Crippen molar-refractivity contribution < 1.29 is 14.6 Å². The van der Waals surface area contributed by atoms with E-state index in [1.165, 1.54) is 6.08 Å². The number of hydrogen-bond donors (Lipinski definition) is 1. The van der Waals surface area contributed by atoms with Gasteiger partial charge in [0.1, 0.15) is 17.6 Å². The van der Waals surface area contributed by atoms with E-state index in [-0.39, 0.29) is 0 Å². The monoisotopic (exact) mass is 272 g/mol. The van der Waals surface area contributed by atoms with Crippen LogP contribution < -0.4 is 9.47 Å². The summed E-state index contributed by atoms with van der Waals surface area (Å²) in [6.07, 6.45) is 0.645. The maximum Gasteiger partial charge on any atom is 0.133 e. The molecule has 15 heavy (non-hydrogen) atoms. The first kappa shape index (κ1) is 12.1. The van der Waals surface area contributed by atoms with Crippen molar-refractivity contribution in [1.82, 2.24) is 0 Å². The fraction of sp³-hybridized carbons (Fsp3) is 0.273. The van der Waals surface area contributed by atoms with Crippen LogP contribution >= 0.6 is 15.9 Å². The van der Waals surface area contributed by atoms with E-state index < -0.39 is 6.10 Å². The molecule has 0 aromatic heterocycles. The van der Waals surface area contributed by atoms with Crippen LogP contribution in [0.25, 0.3) is 0 Å². The van der Waals surface area contributed by atoms with Crippen LogP contribution in [0, 0.1) is 0 Å². The van der Waals surface area contributed by atoms with Crippen molar-refractivity contribution >= 4 is 15.9 Å². The molecule has 0 radical (unpaired) electrons. The van der Waals surface area contributed by atoms with E-state index in [2.05, 4.69) is 22.5 Å². The molecule has 3 nitrogen and oxygen atoms in total. The molecule has 82 valence electrons. The number of hydrogen-bond acceptors (Lipinski definition) is 3. The van der Waals surface area contributed by atoms with Gasteiger partial charge in [0.2, 0.25) is 0 Å². The van der Waals surface area contributed by atoms with Crippen LogP contribution in [-0.4, -0.2) is 19.3 Å². The predicted octanol–water partition coefficient (Wildman–Crippen LogP) is 2.69. The van der Waals surface area contributed by atoms with Crippen molar-refractivity contribution in [2.24, 2.45) is 0 Å². The van der Waals surface area contributed by atoms with Gasteiger partial charge < -0.3 is 14.6 Å². The molecule has 0 fully saturated rings. The van der Waals surface area contributed by atoms with Crippen molar-refractivity contribution in [3.8, 4) is 11.5 Å². The number of aliphatic hydroxyl groups excluding tert-OH is 1. The summed E-state index contributed by atoms with van der Waals surface area (Å²) >= 11 is 3.36. The van der Waals surface area contributed by atoms with Crippen molar-refractivity contribution in [3.05, 3.63) is 34.8 Å². The third-order valence-corrected chi connectivity index (χ3v) is 2.88. The molecule has 0 saturated carbocycles. The highest BCUT2D eigenvalue weighted by Gasteiger charge is 2.17. The van der Waals surface area contributed by atoms with E-state index in [1.807, 2.05) is 0 Å². The van der Waals surface area contributed by atoms with E-state index in [0.717, 1.165) is 0 Å². The molecule has 0 spiro atoms. The number of ether oxygens (including phenoxy) is 2. The SMILES string of the molecule is C=CC(O)c1c(OC)ccc(OC)c1Br. The van der Waals surface area contributed by atoms with E-state index in [1.54, 1.807) is 26.4 Å². The van der Waals surface area contributed by atoms with E-state index in [0.29, 0.717) is 21.5 Å². The highest BCUT2D eigenvalue weighted by molar-refractivity contribution is 9.10. The first-order valence-corrected chi connectivity index (χ1v) is 5.16. The zero-order chi connectivity index (χ0) is 11.4. The lowest BCUT2D eigenvalue weighted by Gasteiger charge is -2.15. The van der Waals surface area contributed by atoms with Gasteiger partial charge in [0, 0.05) is 5.56 Å². The van der Waals surface area contributed by atoms with Gasteiger partial charge in [-0.15, -0.1) is 6.58 Å². The topological polar surface area (TPSA) is 38.7 Å². The molecule has 1 rings (SSSR count). The molecule has 4 heteroatoms. The second-order valence-corrected chi connectivity index (χ2v) is 3.67. The number of methoxy groups -OCH3 is 2. The molecular formula is C11H13BrO3. The largest absolute Gasteiger partial charge is 0.496 e. The molecule has 1 unspecified atom stereocenters. The average Bonchev–Trinajstić information content (AvgIpc) is 2.27. The highest BCUT2D eigenvalue weighted by atomic mass is 79.9. The minimum Gasteiger partial charge on any atom is -0.496 e. The summed E-state index contributed by atoms with van der Waals surface area (Å²) in [5.74, 6) is 1.24. The summed E-state index contributed by atoms with van der Waals surface area (Å²) in [4.78, 5) is 0. The van der Waals surface area contributed by atoms with Crippen molar-refractivity contribution in [2.75, 3.05) is 14.2 Å². The van der Waals surface area contributed by atoms with Gasteiger partial charge in [-0.25, -0.2) is 0 Å². The summed E-state index contributed by atoms with van der Waals surface area (Å²) in [5, 5.41) is 9.76. The molecular weight excluding hydrogens is 260 g/mol. The van der Waals surface area contributed by atoms with Crippen molar-refractivity contribution in [3.63, 3.8) is 0 Å². The molecule has 0 saturated heterocycles. The highest BCUT2D eigenvalue weighted by Crippen LogP contribution is 2.39. The standard InChI is InChI=1S/C11H13BrO3/c1-4-7(13)10-8(14-2)5-6-9(15-3)11(10)12/h4-7,13H,1H2,2-3H3. The molecule has 0 bridgehead atoms. The van der Waals surface area contributed by atoms with Gasteiger partial charge in [0.05, 0.1) is 18.7 Å². The molecule has 0 amide bonds. The Labute approximate surface area is 97.5 Å². The van der Waals surface area contributed by atoms with E-state index in [4.69, 9.17) is 9.47 Å². The third-order valence-electron chi connectivity index (χ3n) is 2.06. The molecule has 0 aliphatic rings. The minimum absolute atomic E-state index is 0.593. The van der Waals surface area contributed by atoms with Gasteiger partial charge in [-0.3, -0.25) is 0 Å². The van der Waals surface area contributed by atoms with Gasteiger partial charge in [-0.1, -0.05) is 6.08 Å². The fourth-order valence-corrected chi connectivity index (χ4v) is 2.01. The van der Waals surface area contributed by atoms with Gasteiger partial charge in [0.15, 0.2) is 0 Å². The summed E-state index contributed by atoms with van der Waals surface area (Å²) < 4.78 is 11.0. The molecule has 0 aliphatic carbocycles. The summed E-state index contributed by atoms with van der Waals surface area (Å²) in [7, 11) is 3.12. The number of aliphatic hydroxyl groups is 1. The van der Waals surface area contributed by atoms with Crippen LogP contribution in [0.3, 0.4) is 0 Å². The Morgan fingerprint density at radius 1 is 1.33 bits per heavy atom. The van der Waals surface area contributed by atoms with Crippen LogP contribution in [0.1, 0.15) is 11.7 Å². The smallest absolute Gasteiger partial charge is 0.133 e. The molecule has 1 aromatic carbocycles. The van der Waals surface area contributed by atoms with Crippen LogP contribution in [0.2, 0.25) is 0 Å².